The summed E-state index contributed by atoms with van der Waals surface area (Å²) >= 11 is 0. The lowest BCUT2D eigenvalue weighted by Gasteiger charge is -2.08. The van der Waals surface area contributed by atoms with Crippen LogP contribution >= 0.6 is 0 Å². The number of hydrogen-bond acceptors (Lipinski definition) is 5. The molecular formula is C18H21N3O3. The van der Waals surface area contributed by atoms with E-state index in [9.17, 15) is 4.79 Å². The Balaban J connectivity index is 1.90. The number of fused-ring (bicyclic) bond motifs is 1. The van der Waals surface area contributed by atoms with Gasteiger partial charge in [0.1, 0.15) is 5.69 Å². The van der Waals surface area contributed by atoms with Crippen molar-refractivity contribution in [1.29, 1.82) is 0 Å². The van der Waals surface area contributed by atoms with Crippen LogP contribution in [0.4, 0.5) is 0 Å². The first-order valence-corrected chi connectivity index (χ1v) is 8.15. The van der Waals surface area contributed by atoms with Crippen LogP contribution in [0.1, 0.15) is 42.7 Å². The summed E-state index contributed by atoms with van der Waals surface area (Å²) in [6.07, 6.45) is 3.60. The first-order valence-electron chi connectivity index (χ1n) is 8.15. The van der Waals surface area contributed by atoms with Gasteiger partial charge in [0, 0.05) is 6.54 Å². The van der Waals surface area contributed by atoms with Gasteiger partial charge in [-0.2, -0.15) is 0 Å². The maximum atomic E-state index is 12.6. The highest BCUT2D eigenvalue weighted by molar-refractivity contribution is 6.06. The Kier molecular flexibility index (Phi) is 4.64. The molecule has 0 unspecified atom stereocenters. The van der Waals surface area contributed by atoms with Gasteiger partial charge in [-0.3, -0.25) is 4.79 Å². The highest BCUT2D eigenvalue weighted by Gasteiger charge is 2.19. The van der Waals surface area contributed by atoms with E-state index >= 15 is 0 Å². The van der Waals surface area contributed by atoms with E-state index in [1.165, 1.54) is 0 Å². The lowest BCUT2D eigenvalue weighted by molar-refractivity contribution is 0.0954. The highest BCUT2D eigenvalue weighted by atomic mass is 16.5. The third-order valence-electron chi connectivity index (χ3n) is 3.88. The summed E-state index contributed by atoms with van der Waals surface area (Å²) in [5.41, 5.74) is 2.05. The van der Waals surface area contributed by atoms with Crippen molar-refractivity contribution in [2.24, 2.45) is 5.92 Å². The van der Waals surface area contributed by atoms with Crippen molar-refractivity contribution in [2.75, 3.05) is 6.54 Å². The summed E-state index contributed by atoms with van der Waals surface area (Å²) < 4.78 is 10.6. The minimum Gasteiger partial charge on any atom is -0.463 e. The van der Waals surface area contributed by atoms with E-state index < -0.39 is 0 Å². The number of hydrogen-bond donors (Lipinski definition) is 1. The summed E-state index contributed by atoms with van der Waals surface area (Å²) in [4.78, 5) is 17.0. The number of aryl methyl sites for hydroxylation is 1. The van der Waals surface area contributed by atoms with Crippen molar-refractivity contribution >= 4 is 17.0 Å². The first-order chi connectivity index (χ1) is 11.6. The molecule has 0 spiro atoms. The van der Waals surface area contributed by atoms with Crippen LogP contribution in [0.5, 0.6) is 0 Å². The van der Waals surface area contributed by atoms with Crippen molar-refractivity contribution in [1.82, 2.24) is 15.5 Å². The van der Waals surface area contributed by atoms with Gasteiger partial charge in [-0.1, -0.05) is 19.0 Å². The second-order valence-corrected chi connectivity index (χ2v) is 6.27. The number of amides is 1. The minimum atomic E-state index is -0.148. The van der Waals surface area contributed by atoms with Crippen LogP contribution in [0.3, 0.4) is 0 Å². The van der Waals surface area contributed by atoms with Crippen LogP contribution in [-0.2, 0) is 0 Å². The number of pyridine rings is 1. The lowest BCUT2D eigenvalue weighted by atomic mass is 10.1. The minimum absolute atomic E-state index is 0.148. The molecule has 0 aliphatic rings. The molecule has 3 aromatic heterocycles. The van der Waals surface area contributed by atoms with Gasteiger partial charge in [-0.25, -0.2) is 4.98 Å². The molecule has 0 radical (unpaired) electrons. The normalized spacial score (nSPS) is 11.3. The average Bonchev–Trinajstić information content (AvgIpc) is 3.20. The van der Waals surface area contributed by atoms with E-state index in [1.54, 1.807) is 31.4 Å². The quantitative estimate of drug-likeness (QED) is 0.693. The van der Waals surface area contributed by atoms with E-state index in [-0.39, 0.29) is 5.91 Å². The predicted octanol–water partition coefficient (Wildman–Crippen LogP) is 3.96. The number of carbonyl (C=O) groups is 1. The topological polar surface area (TPSA) is 81.2 Å². The zero-order valence-corrected chi connectivity index (χ0v) is 14.1. The van der Waals surface area contributed by atoms with E-state index in [0.717, 1.165) is 12.8 Å². The second kappa shape index (κ2) is 6.86. The average molecular weight is 327 g/mol. The van der Waals surface area contributed by atoms with Crippen molar-refractivity contribution in [2.45, 2.75) is 33.6 Å². The Bertz CT molecular complexity index is 835. The maximum Gasteiger partial charge on any atom is 0.259 e. The zero-order valence-electron chi connectivity index (χ0n) is 14.1. The number of nitrogens with zero attached hydrogens (tertiary/aromatic N) is 2. The summed E-state index contributed by atoms with van der Waals surface area (Å²) in [7, 11) is 0. The van der Waals surface area contributed by atoms with E-state index in [0.29, 0.717) is 46.3 Å². The molecule has 24 heavy (non-hydrogen) atoms. The van der Waals surface area contributed by atoms with Crippen molar-refractivity contribution < 1.29 is 13.7 Å². The van der Waals surface area contributed by atoms with Gasteiger partial charge in [0.25, 0.3) is 11.6 Å². The van der Waals surface area contributed by atoms with Crippen LogP contribution in [-0.4, -0.2) is 22.6 Å². The summed E-state index contributed by atoms with van der Waals surface area (Å²) in [6.45, 7) is 6.78. The third kappa shape index (κ3) is 3.32. The highest BCUT2D eigenvalue weighted by Crippen LogP contribution is 2.27. The van der Waals surface area contributed by atoms with Crippen molar-refractivity contribution in [3.05, 3.63) is 35.7 Å². The Morgan fingerprint density at radius 2 is 2.21 bits per heavy atom. The van der Waals surface area contributed by atoms with E-state index in [2.05, 4.69) is 29.3 Å². The molecule has 126 valence electrons. The molecule has 0 aliphatic carbocycles. The van der Waals surface area contributed by atoms with Gasteiger partial charge in [-0.15, -0.1) is 0 Å². The Morgan fingerprint density at radius 3 is 2.92 bits per heavy atom. The first kappa shape index (κ1) is 16.2. The molecule has 3 heterocycles. The largest absolute Gasteiger partial charge is 0.463 e. The molecule has 1 N–H and O–H groups in total. The Morgan fingerprint density at radius 1 is 1.38 bits per heavy atom. The standard InChI is InChI=1S/C18H21N3O3/c1-11(2)6-4-8-19-17(22)13-10-14(15-7-5-9-23-15)20-18-16(13)12(3)21-24-18/h5,7,9-11H,4,6,8H2,1-3H3,(H,19,22). The number of furan rings is 1. The van der Waals surface area contributed by atoms with Gasteiger partial charge in [-0.05, 0) is 43.9 Å². The fourth-order valence-corrected chi connectivity index (χ4v) is 2.63. The smallest absolute Gasteiger partial charge is 0.259 e. The van der Waals surface area contributed by atoms with Gasteiger partial charge in [0.2, 0.25) is 0 Å². The van der Waals surface area contributed by atoms with E-state index in [1.807, 2.05) is 0 Å². The van der Waals surface area contributed by atoms with Gasteiger partial charge >= 0.3 is 0 Å². The molecule has 0 atom stereocenters. The number of aromatic nitrogens is 2. The van der Waals surface area contributed by atoms with Crippen LogP contribution in [0, 0.1) is 12.8 Å². The molecule has 0 aliphatic heterocycles. The number of nitrogens with one attached hydrogen (secondary N) is 1. The molecule has 3 aromatic rings. The van der Waals surface area contributed by atoms with Crippen molar-refractivity contribution in [3.63, 3.8) is 0 Å². The fourth-order valence-electron chi connectivity index (χ4n) is 2.63. The zero-order chi connectivity index (χ0) is 17.1. The molecule has 0 saturated carbocycles. The SMILES string of the molecule is Cc1noc2nc(-c3ccco3)cc(C(=O)NCCCC(C)C)c12. The van der Waals surface area contributed by atoms with Crippen LogP contribution in [0.15, 0.2) is 33.4 Å². The summed E-state index contributed by atoms with van der Waals surface area (Å²) in [5.74, 6) is 1.06. The molecule has 0 aromatic carbocycles. The third-order valence-corrected chi connectivity index (χ3v) is 3.88. The number of carbonyl (C=O) groups excluding carboxylic acids is 1. The van der Waals surface area contributed by atoms with Crippen molar-refractivity contribution in [3.8, 4) is 11.5 Å². The Labute approximate surface area is 140 Å². The summed E-state index contributed by atoms with van der Waals surface area (Å²) in [5, 5.41) is 7.55. The molecule has 0 bridgehead atoms. The van der Waals surface area contributed by atoms with Crippen LogP contribution in [0.2, 0.25) is 0 Å². The lowest BCUT2D eigenvalue weighted by Crippen LogP contribution is -2.25. The monoisotopic (exact) mass is 327 g/mol. The molecule has 0 saturated heterocycles. The molecule has 0 fully saturated rings. The number of rotatable bonds is 6. The Hall–Kier alpha value is -2.63. The molecule has 6 heteroatoms. The van der Waals surface area contributed by atoms with Gasteiger partial charge in [0.05, 0.1) is 22.9 Å². The van der Waals surface area contributed by atoms with Gasteiger partial charge < -0.3 is 14.3 Å². The molecular weight excluding hydrogens is 306 g/mol. The molecule has 6 nitrogen and oxygen atoms in total. The predicted molar refractivity (Wildman–Crippen MR) is 90.6 cm³/mol. The fraction of sp³-hybridized carbons (Fsp3) is 0.389. The van der Waals surface area contributed by atoms with Crippen LogP contribution < -0.4 is 5.32 Å². The second-order valence-electron chi connectivity index (χ2n) is 6.27. The van der Waals surface area contributed by atoms with Gasteiger partial charge in [0.15, 0.2) is 5.76 Å². The van der Waals surface area contributed by atoms with Crippen LogP contribution in [0.25, 0.3) is 22.6 Å². The maximum absolute atomic E-state index is 12.6. The molecule has 1 amide bonds. The van der Waals surface area contributed by atoms with E-state index in [4.69, 9.17) is 8.94 Å². The molecule has 3 rings (SSSR count). The summed E-state index contributed by atoms with van der Waals surface area (Å²) in [6, 6.07) is 5.30.